The van der Waals surface area contributed by atoms with Gasteiger partial charge in [0.15, 0.2) is 0 Å². The number of phenolic OH excluding ortho intramolecular Hbond substituents is 1. The second-order valence-corrected chi connectivity index (χ2v) is 7.54. The van der Waals surface area contributed by atoms with Crippen molar-refractivity contribution in [1.29, 1.82) is 0 Å². The number of carbonyl (C=O) groups is 2. The summed E-state index contributed by atoms with van der Waals surface area (Å²) in [6.45, 7) is 2.37. The van der Waals surface area contributed by atoms with Crippen molar-refractivity contribution in [3.63, 3.8) is 0 Å². The third-order valence-electron chi connectivity index (χ3n) is 5.43. The molecule has 0 spiro atoms. The lowest BCUT2D eigenvalue weighted by Crippen LogP contribution is -2.32. The molecular weight excluding hydrogens is 386 g/mol. The zero-order valence-corrected chi connectivity index (χ0v) is 16.8. The highest BCUT2D eigenvalue weighted by Crippen LogP contribution is 2.41. The Hall–Kier alpha value is -3.32. The minimum absolute atomic E-state index is 0.00591. The first-order chi connectivity index (χ1) is 14.4. The van der Waals surface area contributed by atoms with E-state index < -0.39 is 17.7 Å². The Morgan fingerprint density at radius 2 is 2.03 bits per heavy atom. The Bertz CT molecular complexity index is 1040. The molecule has 2 heterocycles. The van der Waals surface area contributed by atoms with E-state index in [1.165, 1.54) is 24.1 Å². The molecule has 2 aromatic rings. The fourth-order valence-corrected chi connectivity index (χ4v) is 4.07. The molecule has 1 fully saturated rings. The monoisotopic (exact) mass is 409 g/mol. The molecule has 0 bridgehead atoms. The van der Waals surface area contributed by atoms with Crippen LogP contribution in [0.5, 0.6) is 11.5 Å². The first kappa shape index (κ1) is 20.0. The SMILES string of the molecule is COCCN1C(=O)C(=O)/C(=C(/O)c2ccc3c(c2)C[C@H](C)O3)[C@@H]1c1cccc(O)c1. The first-order valence-corrected chi connectivity index (χ1v) is 9.77. The molecule has 156 valence electrons. The molecule has 1 amide bonds. The Labute approximate surface area is 174 Å². The Morgan fingerprint density at radius 3 is 2.77 bits per heavy atom. The summed E-state index contributed by atoms with van der Waals surface area (Å²) in [4.78, 5) is 27.0. The quantitative estimate of drug-likeness (QED) is 0.448. The maximum absolute atomic E-state index is 12.9. The van der Waals surface area contributed by atoms with Crippen LogP contribution in [0.25, 0.3) is 5.76 Å². The summed E-state index contributed by atoms with van der Waals surface area (Å²) in [6, 6.07) is 10.7. The molecule has 2 atom stereocenters. The summed E-state index contributed by atoms with van der Waals surface area (Å²) >= 11 is 0. The Morgan fingerprint density at radius 1 is 1.23 bits per heavy atom. The van der Waals surface area contributed by atoms with Crippen LogP contribution in [0.15, 0.2) is 48.0 Å². The lowest BCUT2D eigenvalue weighted by molar-refractivity contribution is -0.140. The number of ether oxygens (including phenoxy) is 2. The van der Waals surface area contributed by atoms with E-state index in [2.05, 4.69) is 0 Å². The van der Waals surface area contributed by atoms with Gasteiger partial charge in [-0.1, -0.05) is 12.1 Å². The molecule has 0 unspecified atom stereocenters. The highest BCUT2D eigenvalue weighted by Gasteiger charge is 2.46. The van der Waals surface area contributed by atoms with E-state index in [9.17, 15) is 19.8 Å². The van der Waals surface area contributed by atoms with Crippen molar-refractivity contribution >= 4 is 17.4 Å². The molecule has 1 saturated heterocycles. The maximum Gasteiger partial charge on any atom is 0.295 e. The van der Waals surface area contributed by atoms with Crippen LogP contribution in [0, 0.1) is 0 Å². The Balaban J connectivity index is 1.83. The molecule has 2 aliphatic rings. The van der Waals surface area contributed by atoms with Gasteiger partial charge in [0, 0.05) is 25.6 Å². The van der Waals surface area contributed by atoms with Gasteiger partial charge in [-0.25, -0.2) is 0 Å². The predicted octanol–water partition coefficient (Wildman–Crippen LogP) is 2.78. The van der Waals surface area contributed by atoms with Crippen LogP contribution in [0.1, 0.15) is 29.7 Å². The van der Waals surface area contributed by atoms with Crippen LogP contribution in [-0.4, -0.2) is 53.2 Å². The van der Waals surface area contributed by atoms with Gasteiger partial charge in [-0.3, -0.25) is 9.59 Å². The summed E-state index contributed by atoms with van der Waals surface area (Å²) < 4.78 is 10.8. The molecule has 0 aromatic heterocycles. The van der Waals surface area contributed by atoms with Gasteiger partial charge in [0.1, 0.15) is 23.4 Å². The molecule has 7 nitrogen and oxygen atoms in total. The molecule has 4 rings (SSSR count). The number of aliphatic hydroxyl groups is 1. The summed E-state index contributed by atoms with van der Waals surface area (Å²) in [6.07, 6.45) is 0.749. The molecular formula is C23H23NO6. The molecule has 0 radical (unpaired) electrons. The number of Topliss-reactive ketones (excluding diaryl/α,β-unsaturated/α-hetero) is 1. The molecule has 0 saturated carbocycles. The van der Waals surface area contributed by atoms with E-state index in [4.69, 9.17) is 9.47 Å². The minimum atomic E-state index is -0.823. The average molecular weight is 409 g/mol. The number of rotatable bonds is 5. The second kappa shape index (κ2) is 7.84. The number of ketones is 1. The number of fused-ring (bicyclic) bond motifs is 1. The van der Waals surface area contributed by atoms with Crippen molar-refractivity contribution in [1.82, 2.24) is 4.90 Å². The van der Waals surface area contributed by atoms with Gasteiger partial charge >= 0.3 is 0 Å². The zero-order chi connectivity index (χ0) is 21.4. The zero-order valence-electron chi connectivity index (χ0n) is 16.8. The average Bonchev–Trinajstić information content (AvgIpc) is 3.22. The van der Waals surface area contributed by atoms with Crippen LogP contribution in [0.4, 0.5) is 0 Å². The minimum Gasteiger partial charge on any atom is -0.508 e. The lowest BCUT2D eigenvalue weighted by Gasteiger charge is -2.25. The fourth-order valence-electron chi connectivity index (χ4n) is 4.07. The number of aromatic hydroxyl groups is 1. The molecule has 0 aliphatic carbocycles. The van der Waals surface area contributed by atoms with Crippen LogP contribution in [0.3, 0.4) is 0 Å². The number of carbonyl (C=O) groups excluding carboxylic acids is 2. The standard InChI is InChI=1S/C23H23NO6/c1-13-10-16-11-15(6-7-18(16)30-13)21(26)19-20(14-4-3-5-17(25)12-14)24(8-9-29-2)23(28)22(19)27/h3-7,11-13,20,25-26H,8-10H2,1-2H3/b21-19+/t13-,20-/m0/s1. The van der Waals surface area contributed by atoms with E-state index in [1.54, 1.807) is 30.3 Å². The van der Waals surface area contributed by atoms with Crippen LogP contribution < -0.4 is 4.74 Å². The number of benzene rings is 2. The highest BCUT2D eigenvalue weighted by molar-refractivity contribution is 6.46. The number of aliphatic hydroxyl groups excluding tert-OH is 1. The van der Waals surface area contributed by atoms with Crippen molar-refractivity contribution in [2.45, 2.75) is 25.5 Å². The van der Waals surface area contributed by atoms with Gasteiger partial charge in [0.2, 0.25) is 0 Å². The van der Waals surface area contributed by atoms with E-state index >= 15 is 0 Å². The van der Waals surface area contributed by atoms with E-state index in [0.29, 0.717) is 17.5 Å². The molecule has 2 aliphatic heterocycles. The van der Waals surface area contributed by atoms with Crippen molar-refractivity contribution in [3.8, 4) is 11.5 Å². The van der Waals surface area contributed by atoms with E-state index in [0.717, 1.165) is 11.3 Å². The fraction of sp³-hybridized carbons (Fsp3) is 0.304. The molecule has 2 N–H and O–H groups in total. The highest BCUT2D eigenvalue weighted by atomic mass is 16.5. The van der Waals surface area contributed by atoms with E-state index in [1.807, 2.05) is 6.92 Å². The van der Waals surface area contributed by atoms with Gasteiger partial charge in [-0.2, -0.15) is 0 Å². The lowest BCUT2D eigenvalue weighted by atomic mass is 9.94. The second-order valence-electron chi connectivity index (χ2n) is 7.54. The number of methoxy groups -OCH3 is 1. The van der Waals surface area contributed by atoms with Crippen LogP contribution in [-0.2, 0) is 20.7 Å². The predicted molar refractivity (Wildman–Crippen MR) is 109 cm³/mol. The molecule has 7 heteroatoms. The summed E-state index contributed by atoms with van der Waals surface area (Å²) in [5.74, 6) is -0.955. The first-order valence-electron chi connectivity index (χ1n) is 9.77. The van der Waals surface area contributed by atoms with Crippen molar-refractivity contribution in [2.75, 3.05) is 20.3 Å². The topological polar surface area (TPSA) is 96.3 Å². The molecule has 30 heavy (non-hydrogen) atoms. The third-order valence-corrected chi connectivity index (χ3v) is 5.43. The van der Waals surface area contributed by atoms with Crippen LogP contribution >= 0.6 is 0 Å². The number of nitrogens with zero attached hydrogens (tertiary/aromatic N) is 1. The van der Waals surface area contributed by atoms with Gasteiger partial charge in [-0.05, 0) is 48.4 Å². The number of hydrogen-bond acceptors (Lipinski definition) is 6. The largest absolute Gasteiger partial charge is 0.508 e. The number of hydrogen-bond donors (Lipinski definition) is 2. The van der Waals surface area contributed by atoms with Gasteiger partial charge in [0.05, 0.1) is 18.2 Å². The summed E-state index contributed by atoms with van der Waals surface area (Å²) in [7, 11) is 1.51. The van der Waals surface area contributed by atoms with Gasteiger partial charge in [-0.15, -0.1) is 0 Å². The van der Waals surface area contributed by atoms with Gasteiger partial charge in [0.25, 0.3) is 11.7 Å². The number of amides is 1. The molecule has 2 aromatic carbocycles. The van der Waals surface area contributed by atoms with Crippen molar-refractivity contribution in [3.05, 3.63) is 64.7 Å². The summed E-state index contributed by atoms with van der Waals surface area (Å²) in [5.41, 5.74) is 1.91. The summed E-state index contributed by atoms with van der Waals surface area (Å²) in [5, 5.41) is 21.0. The number of likely N-dealkylation sites (tertiary alicyclic amines) is 1. The Kier molecular flexibility index (Phi) is 5.22. The maximum atomic E-state index is 12.9. The third kappa shape index (κ3) is 3.41. The normalized spacial score (nSPS) is 22.3. The van der Waals surface area contributed by atoms with E-state index in [-0.39, 0.29) is 36.3 Å². The van der Waals surface area contributed by atoms with Crippen LogP contribution in [0.2, 0.25) is 0 Å². The van der Waals surface area contributed by atoms with Crippen molar-refractivity contribution in [2.24, 2.45) is 0 Å². The smallest absolute Gasteiger partial charge is 0.295 e. The van der Waals surface area contributed by atoms with Gasteiger partial charge < -0.3 is 24.6 Å². The van der Waals surface area contributed by atoms with Crippen molar-refractivity contribution < 1.29 is 29.3 Å². The number of phenols is 1.